The molecular weight excluding hydrogens is 482 g/mol. The molecule has 2 atom stereocenters. The summed E-state index contributed by atoms with van der Waals surface area (Å²) < 4.78 is 6.67. The van der Waals surface area contributed by atoms with Crippen LogP contribution in [0.2, 0.25) is 0 Å². The Hall–Kier alpha value is -2.22. The summed E-state index contributed by atoms with van der Waals surface area (Å²) in [6.07, 6.45) is 0.248. The van der Waals surface area contributed by atoms with Crippen molar-refractivity contribution in [3.8, 4) is 0 Å². The monoisotopic (exact) mass is 511 g/mol. The fourth-order valence-electron chi connectivity index (χ4n) is 5.58. The number of ether oxygens (including phenoxy) is 1. The van der Waals surface area contributed by atoms with E-state index in [1.54, 1.807) is 0 Å². The zero-order valence-electron chi connectivity index (χ0n) is 19.9. The molecule has 3 aliphatic rings. The quantitative estimate of drug-likeness (QED) is 0.585. The van der Waals surface area contributed by atoms with E-state index in [4.69, 9.17) is 14.4 Å². The summed E-state index contributed by atoms with van der Waals surface area (Å²) in [5.74, 6) is 0. The third-order valence-corrected chi connectivity index (χ3v) is 7.33. The van der Waals surface area contributed by atoms with Gasteiger partial charge in [0.1, 0.15) is 5.71 Å². The van der Waals surface area contributed by atoms with Crippen LogP contribution in [0.4, 0.5) is 0 Å². The van der Waals surface area contributed by atoms with E-state index in [9.17, 15) is 0 Å². The Labute approximate surface area is 203 Å². The zero-order chi connectivity index (χ0) is 23.3. The smallest absolute Gasteiger partial charge is 0.241 e. The van der Waals surface area contributed by atoms with Gasteiger partial charge in [-0.3, -0.25) is 4.90 Å². The molecule has 2 unspecified atom stereocenters. The molecule has 0 bridgehead atoms. The molecule has 0 saturated carbocycles. The Morgan fingerprint density at radius 2 is 1.48 bits per heavy atom. The van der Waals surface area contributed by atoms with Gasteiger partial charge in [0.25, 0.3) is 0 Å². The SMILES string of the molecule is Cc1cc(C)c(C2=NOC(N3CCOCC3)C23CC(c2c(C)cc(Br)cc2C)=NO3)c(C)c1. The summed E-state index contributed by atoms with van der Waals surface area (Å²) in [4.78, 5) is 14.8. The average Bonchev–Trinajstić information content (AvgIpc) is 3.32. The molecule has 174 valence electrons. The number of aryl methyl sites for hydroxylation is 5. The number of hydrogen-bond acceptors (Lipinski definition) is 6. The van der Waals surface area contributed by atoms with Gasteiger partial charge in [-0.05, 0) is 69.0 Å². The minimum atomic E-state index is -0.802. The Bertz CT molecular complexity index is 1120. The standard InChI is InChI=1S/C26H30BrN3O3/c1-15-10-16(2)23(17(3)11-15)24-26(25(32-29-24)30-6-8-31-9-7-30)14-21(28-33-26)22-18(4)12-20(27)13-19(22)5/h10-13,25H,6-9,14H2,1-5H3. The van der Waals surface area contributed by atoms with E-state index < -0.39 is 5.60 Å². The Morgan fingerprint density at radius 3 is 2.12 bits per heavy atom. The molecule has 0 aliphatic carbocycles. The van der Waals surface area contributed by atoms with Gasteiger partial charge >= 0.3 is 0 Å². The molecule has 1 fully saturated rings. The second kappa shape index (κ2) is 8.53. The van der Waals surface area contributed by atoms with Crippen molar-refractivity contribution in [1.82, 2.24) is 4.90 Å². The first-order valence-corrected chi connectivity index (χ1v) is 12.3. The maximum absolute atomic E-state index is 6.42. The molecule has 2 aromatic carbocycles. The highest BCUT2D eigenvalue weighted by atomic mass is 79.9. The predicted octanol–water partition coefficient (Wildman–Crippen LogP) is 4.95. The molecule has 3 heterocycles. The molecule has 0 N–H and O–H groups in total. The largest absolute Gasteiger partial charge is 0.379 e. The van der Waals surface area contributed by atoms with Crippen molar-refractivity contribution in [3.05, 3.63) is 67.7 Å². The van der Waals surface area contributed by atoms with E-state index in [0.29, 0.717) is 19.6 Å². The molecule has 7 heteroatoms. The first kappa shape index (κ1) is 22.6. The van der Waals surface area contributed by atoms with Gasteiger partial charge in [-0.1, -0.05) is 43.9 Å². The van der Waals surface area contributed by atoms with Crippen LogP contribution in [0.5, 0.6) is 0 Å². The summed E-state index contributed by atoms with van der Waals surface area (Å²) in [6, 6.07) is 8.65. The topological polar surface area (TPSA) is 55.7 Å². The number of morpholine rings is 1. The van der Waals surface area contributed by atoms with Gasteiger partial charge in [0.15, 0.2) is 0 Å². The van der Waals surface area contributed by atoms with Crippen molar-refractivity contribution in [2.75, 3.05) is 26.3 Å². The van der Waals surface area contributed by atoms with Crippen molar-refractivity contribution in [2.45, 2.75) is 52.9 Å². The summed E-state index contributed by atoms with van der Waals surface area (Å²) in [5, 5.41) is 9.34. The molecule has 0 aromatic heterocycles. The van der Waals surface area contributed by atoms with Gasteiger partial charge in [0.05, 0.1) is 18.9 Å². The van der Waals surface area contributed by atoms with E-state index in [-0.39, 0.29) is 6.23 Å². The molecule has 1 saturated heterocycles. The first-order valence-electron chi connectivity index (χ1n) is 11.5. The summed E-state index contributed by atoms with van der Waals surface area (Å²) in [7, 11) is 0. The van der Waals surface area contributed by atoms with Gasteiger partial charge in [-0.25, -0.2) is 0 Å². The number of oxime groups is 2. The van der Waals surface area contributed by atoms with Gasteiger partial charge in [0, 0.05) is 35.1 Å². The maximum atomic E-state index is 6.42. The minimum absolute atomic E-state index is 0.353. The molecule has 5 rings (SSSR count). The highest BCUT2D eigenvalue weighted by molar-refractivity contribution is 9.10. The first-order chi connectivity index (χ1) is 15.8. The molecule has 3 aliphatic heterocycles. The van der Waals surface area contributed by atoms with Gasteiger partial charge in [0.2, 0.25) is 11.8 Å². The van der Waals surface area contributed by atoms with E-state index in [1.807, 2.05) is 0 Å². The number of benzene rings is 2. The lowest BCUT2D eigenvalue weighted by Crippen LogP contribution is -2.57. The van der Waals surface area contributed by atoms with Crippen LogP contribution in [0.3, 0.4) is 0 Å². The number of nitrogens with zero attached hydrogens (tertiary/aromatic N) is 3. The van der Waals surface area contributed by atoms with Crippen molar-refractivity contribution in [1.29, 1.82) is 0 Å². The van der Waals surface area contributed by atoms with Crippen LogP contribution in [-0.2, 0) is 14.4 Å². The van der Waals surface area contributed by atoms with E-state index in [2.05, 4.69) is 90.0 Å². The fraction of sp³-hybridized carbons (Fsp3) is 0.462. The van der Waals surface area contributed by atoms with Gasteiger partial charge in [-0.2, -0.15) is 0 Å². The Kier molecular flexibility index (Phi) is 5.83. The second-order valence-electron chi connectivity index (χ2n) is 9.43. The number of rotatable bonds is 3. The molecule has 0 amide bonds. The minimum Gasteiger partial charge on any atom is -0.379 e. The van der Waals surface area contributed by atoms with Crippen LogP contribution in [0.25, 0.3) is 0 Å². The highest BCUT2D eigenvalue weighted by Gasteiger charge is 2.60. The molecular formula is C26H30BrN3O3. The third-order valence-electron chi connectivity index (χ3n) is 6.87. The maximum Gasteiger partial charge on any atom is 0.241 e. The summed E-state index contributed by atoms with van der Waals surface area (Å²) in [6.45, 7) is 13.5. The van der Waals surface area contributed by atoms with E-state index in [1.165, 1.54) is 27.8 Å². The lowest BCUT2D eigenvalue weighted by atomic mass is 9.80. The second-order valence-corrected chi connectivity index (χ2v) is 10.3. The van der Waals surface area contributed by atoms with Crippen molar-refractivity contribution in [3.63, 3.8) is 0 Å². The lowest BCUT2D eigenvalue weighted by molar-refractivity contribution is -0.159. The summed E-state index contributed by atoms with van der Waals surface area (Å²) >= 11 is 3.61. The van der Waals surface area contributed by atoms with Crippen LogP contribution < -0.4 is 0 Å². The predicted molar refractivity (Wildman–Crippen MR) is 133 cm³/mol. The van der Waals surface area contributed by atoms with Gasteiger partial charge < -0.3 is 14.4 Å². The Balaban J connectivity index is 1.59. The van der Waals surface area contributed by atoms with Crippen molar-refractivity contribution in [2.24, 2.45) is 10.3 Å². The fourth-order valence-corrected chi connectivity index (χ4v) is 6.26. The zero-order valence-corrected chi connectivity index (χ0v) is 21.5. The third kappa shape index (κ3) is 3.80. The average molecular weight is 512 g/mol. The lowest BCUT2D eigenvalue weighted by Gasteiger charge is -2.37. The van der Waals surface area contributed by atoms with E-state index >= 15 is 0 Å². The van der Waals surface area contributed by atoms with Crippen molar-refractivity contribution >= 4 is 27.4 Å². The number of hydrogen-bond donors (Lipinski definition) is 0. The summed E-state index contributed by atoms with van der Waals surface area (Å²) in [5.41, 5.74) is 9.12. The van der Waals surface area contributed by atoms with Crippen LogP contribution in [0.15, 0.2) is 39.0 Å². The van der Waals surface area contributed by atoms with E-state index in [0.717, 1.165) is 40.1 Å². The molecule has 1 spiro atoms. The Morgan fingerprint density at radius 1 is 0.879 bits per heavy atom. The highest BCUT2D eigenvalue weighted by Crippen LogP contribution is 2.43. The molecule has 6 nitrogen and oxygen atoms in total. The van der Waals surface area contributed by atoms with Crippen molar-refractivity contribution < 1.29 is 14.4 Å². The normalized spacial score (nSPS) is 25.1. The molecule has 2 aromatic rings. The van der Waals surface area contributed by atoms with Crippen LogP contribution >= 0.6 is 15.9 Å². The molecule has 33 heavy (non-hydrogen) atoms. The van der Waals surface area contributed by atoms with Crippen LogP contribution in [0, 0.1) is 34.6 Å². The van der Waals surface area contributed by atoms with Crippen LogP contribution in [0.1, 0.15) is 45.4 Å². The van der Waals surface area contributed by atoms with Crippen LogP contribution in [-0.4, -0.2) is 54.5 Å². The number of halogens is 1. The van der Waals surface area contributed by atoms with Gasteiger partial charge in [-0.15, -0.1) is 0 Å². The molecule has 0 radical (unpaired) electrons.